The van der Waals surface area contributed by atoms with Gasteiger partial charge in [-0.25, -0.2) is 9.67 Å². The third kappa shape index (κ3) is 2.97. The number of rotatable bonds is 3. The molecular weight excluding hydrogens is 302 g/mol. The smallest absolute Gasteiger partial charge is 0.224 e. The number of aryl methyl sites for hydroxylation is 1. The Kier molecular flexibility index (Phi) is 3.90. The van der Waals surface area contributed by atoms with Crippen LogP contribution >= 0.6 is 0 Å². The van der Waals surface area contributed by atoms with Crippen LogP contribution in [0.25, 0.3) is 16.7 Å². The summed E-state index contributed by atoms with van der Waals surface area (Å²) in [4.78, 5) is 8.95. The fourth-order valence-corrected chi connectivity index (χ4v) is 3.27. The number of aliphatic hydroxyl groups excluding tert-OH is 1. The van der Waals surface area contributed by atoms with Gasteiger partial charge < -0.3 is 10.4 Å². The molecule has 0 radical (unpaired) electrons. The maximum atomic E-state index is 9.61. The van der Waals surface area contributed by atoms with E-state index in [0.29, 0.717) is 12.0 Å². The molecule has 0 saturated heterocycles. The van der Waals surface area contributed by atoms with Crippen molar-refractivity contribution in [2.45, 2.75) is 44.8 Å². The van der Waals surface area contributed by atoms with Crippen LogP contribution in [-0.2, 0) is 0 Å². The Morgan fingerprint density at radius 1 is 1.17 bits per heavy atom. The highest BCUT2D eigenvalue weighted by atomic mass is 16.3. The van der Waals surface area contributed by atoms with Crippen LogP contribution in [-0.4, -0.2) is 37.0 Å². The van der Waals surface area contributed by atoms with Crippen LogP contribution in [0.3, 0.4) is 0 Å². The van der Waals surface area contributed by atoms with E-state index in [1.807, 2.05) is 16.9 Å². The molecule has 2 N–H and O–H groups in total. The number of aromatic nitrogens is 4. The standard InChI is InChI=1S/C18H21N5O/c1-12-2-7-16-13(10-12)11-20-23(16)17-8-9-19-18(22-17)21-14-3-5-15(24)6-4-14/h2,7-11,14-15,24H,3-6H2,1H3,(H,19,21,22)/t14-,15-. The van der Waals surface area contributed by atoms with E-state index in [9.17, 15) is 5.11 Å². The lowest BCUT2D eigenvalue weighted by molar-refractivity contribution is 0.126. The first-order valence-electron chi connectivity index (χ1n) is 8.41. The van der Waals surface area contributed by atoms with E-state index in [2.05, 4.69) is 45.5 Å². The molecule has 6 nitrogen and oxygen atoms in total. The van der Waals surface area contributed by atoms with E-state index in [0.717, 1.165) is 42.4 Å². The highest BCUT2D eigenvalue weighted by Gasteiger charge is 2.20. The van der Waals surface area contributed by atoms with Crippen LogP contribution in [0.1, 0.15) is 31.2 Å². The zero-order chi connectivity index (χ0) is 16.5. The van der Waals surface area contributed by atoms with Gasteiger partial charge in [0.1, 0.15) is 0 Å². The molecule has 0 aliphatic heterocycles. The number of anilines is 1. The first-order valence-corrected chi connectivity index (χ1v) is 8.41. The molecule has 0 bridgehead atoms. The SMILES string of the molecule is Cc1ccc2c(cnn2-c2ccnc(N[C@H]3CC[C@H](O)CC3)n2)c1. The lowest BCUT2D eigenvalue weighted by Crippen LogP contribution is -2.29. The van der Waals surface area contributed by atoms with E-state index in [-0.39, 0.29) is 6.10 Å². The Bertz CT molecular complexity index is 851. The predicted octanol–water partition coefficient (Wildman–Crippen LogP) is 2.84. The minimum absolute atomic E-state index is 0.158. The average molecular weight is 323 g/mol. The molecule has 4 rings (SSSR count). The van der Waals surface area contributed by atoms with Gasteiger partial charge in [0.2, 0.25) is 5.95 Å². The van der Waals surface area contributed by atoms with Crippen molar-refractivity contribution in [3.05, 3.63) is 42.2 Å². The van der Waals surface area contributed by atoms with Crippen molar-refractivity contribution in [1.82, 2.24) is 19.7 Å². The first-order chi connectivity index (χ1) is 11.7. The molecule has 0 unspecified atom stereocenters. The van der Waals surface area contributed by atoms with Gasteiger partial charge in [0.15, 0.2) is 5.82 Å². The first kappa shape index (κ1) is 15.1. The normalized spacial score (nSPS) is 21.1. The minimum atomic E-state index is -0.158. The summed E-state index contributed by atoms with van der Waals surface area (Å²) in [6.07, 6.45) is 7.01. The number of hydrogen-bond donors (Lipinski definition) is 2. The zero-order valence-electron chi connectivity index (χ0n) is 13.7. The Morgan fingerprint density at radius 2 is 2.00 bits per heavy atom. The quantitative estimate of drug-likeness (QED) is 0.775. The monoisotopic (exact) mass is 323 g/mol. The van der Waals surface area contributed by atoms with Crippen molar-refractivity contribution in [2.24, 2.45) is 0 Å². The number of nitrogens with one attached hydrogen (secondary N) is 1. The topological polar surface area (TPSA) is 75.9 Å². The molecular formula is C18H21N5O. The van der Waals surface area contributed by atoms with Gasteiger partial charge in [-0.3, -0.25) is 0 Å². The summed E-state index contributed by atoms with van der Waals surface area (Å²) in [6, 6.07) is 8.44. The van der Waals surface area contributed by atoms with E-state index in [1.54, 1.807) is 6.20 Å². The Hall–Kier alpha value is -2.47. The zero-order valence-corrected chi connectivity index (χ0v) is 13.7. The van der Waals surface area contributed by atoms with Gasteiger partial charge in [0.05, 0.1) is 17.8 Å². The lowest BCUT2D eigenvalue weighted by atomic mass is 9.93. The van der Waals surface area contributed by atoms with Crippen LogP contribution in [0.4, 0.5) is 5.95 Å². The second kappa shape index (κ2) is 6.20. The molecule has 24 heavy (non-hydrogen) atoms. The van der Waals surface area contributed by atoms with Crippen molar-refractivity contribution in [3.63, 3.8) is 0 Å². The molecule has 2 aromatic heterocycles. The van der Waals surface area contributed by atoms with Crippen molar-refractivity contribution in [2.75, 3.05) is 5.32 Å². The maximum absolute atomic E-state index is 9.61. The van der Waals surface area contributed by atoms with Crippen LogP contribution in [0, 0.1) is 6.92 Å². The largest absolute Gasteiger partial charge is 0.393 e. The number of aliphatic hydroxyl groups is 1. The predicted molar refractivity (Wildman–Crippen MR) is 93.3 cm³/mol. The summed E-state index contributed by atoms with van der Waals surface area (Å²) >= 11 is 0. The molecule has 124 valence electrons. The molecule has 1 aliphatic rings. The van der Waals surface area contributed by atoms with Gasteiger partial charge in [-0.05, 0) is 44.7 Å². The van der Waals surface area contributed by atoms with Gasteiger partial charge in [-0.1, -0.05) is 11.6 Å². The van der Waals surface area contributed by atoms with Crippen LogP contribution < -0.4 is 5.32 Å². The molecule has 1 saturated carbocycles. The molecule has 1 fully saturated rings. The van der Waals surface area contributed by atoms with Crippen molar-refractivity contribution in [1.29, 1.82) is 0 Å². The molecule has 1 aromatic carbocycles. The molecule has 0 amide bonds. The summed E-state index contributed by atoms with van der Waals surface area (Å²) in [6.45, 7) is 2.07. The second-order valence-electron chi connectivity index (χ2n) is 6.51. The summed E-state index contributed by atoms with van der Waals surface area (Å²) in [5.41, 5.74) is 2.25. The third-order valence-electron chi connectivity index (χ3n) is 4.61. The molecule has 1 aliphatic carbocycles. The highest BCUT2D eigenvalue weighted by molar-refractivity contribution is 5.80. The van der Waals surface area contributed by atoms with E-state index in [4.69, 9.17) is 0 Å². The highest BCUT2D eigenvalue weighted by Crippen LogP contribution is 2.22. The third-order valence-corrected chi connectivity index (χ3v) is 4.61. The Labute approximate surface area is 140 Å². The Morgan fingerprint density at radius 3 is 2.83 bits per heavy atom. The number of fused-ring (bicyclic) bond motifs is 1. The average Bonchev–Trinajstić information content (AvgIpc) is 3.00. The number of nitrogens with zero attached hydrogens (tertiary/aromatic N) is 4. The fourth-order valence-electron chi connectivity index (χ4n) is 3.27. The maximum Gasteiger partial charge on any atom is 0.224 e. The van der Waals surface area contributed by atoms with Gasteiger partial charge in [-0.2, -0.15) is 10.1 Å². The van der Waals surface area contributed by atoms with Crippen molar-refractivity contribution in [3.8, 4) is 5.82 Å². The van der Waals surface area contributed by atoms with Crippen molar-refractivity contribution >= 4 is 16.9 Å². The van der Waals surface area contributed by atoms with Crippen LogP contribution in [0.5, 0.6) is 0 Å². The van der Waals surface area contributed by atoms with E-state index >= 15 is 0 Å². The summed E-state index contributed by atoms with van der Waals surface area (Å²) in [5, 5.41) is 18.6. The lowest BCUT2D eigenvalue weighted by Gasteiger charge is -2.26. The Balaban J connectivity index is 1.60. The van der Waals surface area contributed by atoms with E-state index in [1.165, 1.54) is 5.56 Å². The molecule has 0 atom stereocenters. The number of hydrogen-bond acceptors (Lipinski definition) is 5. The summed E-state index contributed by atoms with van der Waals surface area (Å²) in [7, 11) is 0. The molecule has 0 spiro atoms. The summed E-state index contributed by atoms with van der Waals surface area (Å²) in [5.74, 6) is 1.37. The molecule has 3 aromatic rings. The summed E-state index contributed by atoms with van der Waals surface area (Å²) < 4.78 is 1.84. The number of benzene rings is 1. The van der Waals surface area contributed by atoms with Crippen LogP contribution in [0.2, 0.25) is 0 Å². The molecule has 2 heterocycles. The van der Waals surface area contributed by atoms with Gasteiger partial charge >= 0.3 is 0 Å². The molecule has 6 heteroatoms. The van der Waals surface area contributed by atoms with Crippen molar-refractivity contribution < 1.29 is 5.11 Å². The minimum Gasteiger partial charge on any atom is -0.393 e. The van der Waals surface area contributed by atoms with Gasteiger partial charge in [-0.15, -0.1) is 0 Å². The van der Waals surface area contributed by atoms with Gasteiger partial charge in [0.25, 0.3) is 0 Å². The van der Waals surface area contributed by atoms with Crippen LogP contribution in [0.15, 0.2) is 36.7 Å². The van der Waals surface area contributed by atoms with E-state index < -0.39 is 0 Å². The fraction of sp³-hybridized carbons (Fsp3) is 0.389. The second-order valence-corrected chi connectivity index (χ2v) is 6.51. The van der Waals surface area contributed by atoms with Gasteiger partial charge in [0, 0.05) is 23.7 Å².